The molecule has 2 aliphatic rings. The van der Waals surface area contributed by atoms with Gasteiger partial charge in [0.1, 0.15) is 0 Å². The van der Waals surface area contributed by atoms with Crippen molar-refractivity contribution in [2.24, 2.45) is 0 Å². The van der Waals surface area contributed by atoms with Crippen LogP contribution in [0.15, 0.2) is 48.6 Å². The Hall–Kier alpha value is -2.08. The van der Waals surface area contributed by atoms with Gasteiger partial charge in [0.25, 0.3) is 0 Å². The number of hydrogen-bond donors (Lipinski definition) is 0. The van der Waals surface area contributed by atoms with Crippen molar-refractivity contribution in [2.75, 3.05) is 0 Å². The summed E-state index contributed by atoms with van der Waals surface area (Å²) in [5.41, 5.74) is 8.66. The molecule has 2 aromatic rings. The minimum Gasteiger partial charge on any atom is -0.0795 e. The number of fused-ring (bicyclic) bond motifs is 2. The summed E-state index contributed by atoms with van der Waals surface area (Å²) in [4.78, 5) is 0. The molecule has 2 aliphatic carbocycles. The van der Waals surface area contributed by atoms with Gasteiger partial charge >= 0.3 is 0 Å². The van der Waals surface area contributed by atoms with Gasteiger partial charge in [-0.2, -0.15) is 0 Å². The third-order valence-electron chi connectivity index (χ3n) is 5.54. The van der Waals surface area contributed by atoms with Gasteiger partial charge in [0, 0.05) is 5.41 Å². The molecule has 0 nitrogen and oxygen atoms in total. The number of allylic oxidation sites excluding steroid dienone is 2. The minimum absolute atomic E-state index is 0.0803. The van der Waals surface area contributed by atoms with Gasteiger partial charge < -0.3 is 0 Å². The van der Waals surface area contributed by atoms with E-state index in [1.165, 1.54) is 33.4 Å². The van der Waals surface area contributed by atoms with Crippen LogP contribution in [0, 0.1) is 0 Å². The maximum Gasteiger partial charge on any atom is 0.0172 e. The Morgan fingerprint density at radius 2 is 1.32 bits per heavy atom. The van der Waals surface area contributed by atoms with Crippen molar-refractivity contribution in [2.45, 2.75) is 38.5 Å². The van der Waals surface area contributed by atoms with Gasteiger partial charge in [-0.3, -0.25) is 0 Å². The van der Waals surface area contributed by atoms with Crippen LogP contribution in [-0.2, 0) is 18.3 Å². The molecule has 0 atom stereocenters. The minimum atomic E-state index is 0.0803. The van der Waals surface area contributed by atoms with Crippen LogP contribution in [0.25, 0.3) is 12.2 Å². The van der Waals surface area contributed by atoms with E-state index in [1.54, 1.807) is 0 Å². The van der Waals surface area contributed by atoms with Gasteiger partial charge in [0.15, 0.2) is 0 Å². The molecule has 0 aromatic heterocycles. The van der Waals surface area contributed by atoms with E-state index < -0.39 is 0 Å². The number of benzene rings is 2. The Morgan fingerprint density at radius 1 is 0.818 bits per heavy atom. The van der Waals surface area contributed by atoms with Crippen molar-refractivity contribution in [1.29, 1.82) is 0 Å². The standard InChI is InChI=1S/C22H22/c1-3-22(2,20-12-10-16-6-4-8-18(16)14-20)21-13-11-17-7-5-9-19(17)15-21/h4-5,8-15H,3,6-7H2,1-2H3. The average Bonchev–Trinajstić information content (AvgIpc) is 3.21. The highest BCUT2D eigenvalue weighted by Crippen LogP contribution is 2.38. The Balaban J connectivity index is 1.82. The predicted molar refractivity (Wildman–Crippen MR) is 95.1 cm³/mol. The number of hydrogen-bond acceptors (Lipinski definition) is 0. The smallest absolute Gasteiger partial charge is 0.0172 e. The van der Waals surface area contributed by atoms with Crippen molar-refractivity contribution < 1.29 is 0 Å². The average molecular weight is 286 g/mol. The van der Waals surface area contributed by atoms with Gasteiger partial charge in [-0.15, -0.1) is 0 Å². The maximum absolute atomic E-state index is 2.39. The highest BCUT2D eigenvalue weighted by atomic mass is 14.3. The van der Waals surface area contributed by atoms with E-state index in [0.29, 0.717) is 0 Å². The summed E-state index contributed by atoms with van der Waals surface area (Å²) < 4.78 is 0. The summed E-state index contributed by atoms with van der Waals surface area (Å²) in [7, 11) is 0. The van der Waals surface area contributed by atoms with Crippen LogP contribution in [0.1, 0.15) is 53.6 Å². The summed E-state index contributed by atoms with van der Waals surface area (Å²) in [6.07, 6.45) is 12.3. The normalized spacial score (nSPS) is 15.2. The summed E-state index contributed by atoms with van der Waals surface area (Å²) in [5.74, 6) is 0. The second-order valence-corrected chi connectivity index (χ2v) is 6.73. The van der Waals surface area contributed by atoms with Crippen molar-refractivity contribution >= 4 is 12.2 Å². The lowest BCUT2D eigenvalue weighted by Crippen LogP contribution is -2.23. The molecule has 22 heavy (non-hydrogen) atoms. The van der Waals surface area contributed by atoms with E-state index in [1.807, 2.05) is 0 Å². The third-order valence-corrected chi connectivity index (χ3v) is 5.54. The first-order chi connectivity index (χ1) is 10.7. The van der Waals surface area contributed by atoms with Gasteiger partial charge in [0.2, 0.25) is 0 Å². The van der Waals surface area contributed by atoms with Crippen LogP contribution in [0.4, 0.5) is 0 Å². The highest BCUT2D eigenvalue weighted by Gasteiger charge is 2.28. The van der Waals surface area contributed by atoms with Crippen molar-refractivity contribution in [3.63, 3.8) is 0 Å². The Bertz CT molecular complexity index is 726. The molecule has 0 saturated heterocycles. The van der Waals surface area contributed by atoms with Crippen LogP contribution in [0.3, 0.4) is 0 Å². The first-order valence-electron chi connectivity index (χ1n) is 8.30. The fraction of sp³-hybridized carbons (Fsp3) is 0.273. The molecular weight excluding hydrogens is 264 g/mol. The number of rotatable bonds is 3. The fourth-order valence-electron chi connectivity index (χ4n) is 3.76. The Morgan fingerprint density at radius 3 is 1.77 bits per heavy atom. The van der Waals surface area contributed by atoms with Gasteiger partial charge in [-0.1, -0.05) is 74.5 Å². The quantitative estimate of drug-likeness (QED) is 0.695. The summed E-state index contributed by atoms with van der Waals surface area (Å²) in [5, 5.41) is 0. The molecular formula is C22H22. The van der Waals surface area contributed by atoms with Crippen molar-refractivity contribution in [3.05, 3.63) is 81.9 Å². The molecule has 110 valence electrons. The van der Waals surface area contributed by atoms with E-state index in [-0.39, 0.29) is 5.41 Å². The largest absolute Gasteiger partial charge is 0.0795 e. The molecule has 0 aliphatic heterocycles. The molecule has 0 heteroatoms. The van der Waals surface area contributed by atoms with E-state index in [2.05, 4.69) is 74.5 Å². The van der Waals surface area contributed by atoms with Gasteiger partial charge in [-0.25, -0.2) is 0 Å². The predicted octanol–water partition coefficient (Wildman–Crippen LogP) is 5.54. The molecule has 2 aromatic carbocycles. The van der Waals surface area contributed by atoms with E-state index in [0.717, 1.165) is 19.3 Å². The fourth-order valence-corrected chi connectivity index (χ4v) is 3.76. The van der Waals surface area contributed by atoms with Crippen molar-refractivity contribution in [1.82, 2.24) is 0 Å². The monoisotopic (exact) mass is 286 g/mol. The Kier molecular flexibility index (Phi) is 3.07. The molecule has 0 bridgehead atoms. The molecule has 0 amide bonds. The second kappa shape index (κ2) is 4.98. The molecule has 0 fully saturated rings. The summed E-state index contributed by atoms with van der Waals surface area (Å²) in [6.45, 7) is 4.68. The summed E-state index contributed by atoms with van der Waals surface area (Å²) >= 11 is 0. The lowest BCUT2D eigenvalue weighted by Gasteiger charge is -2.31. The molecule has 0 unspecified atom stereocenters. The molecule has 0 radical (unpaired) electrons. The zero-order chi connectivity index (χ0) is 15.2. The maximum atomic E-state index is 2.39. The first-order valence-corrected chi connectivity index (χ1v) is 8.30. The van der Waals surface area contributed by atoms with Crippen LogP contribution in [-0.4, -0.2) is 0 Å². The van der Waals surface area contributed by atoms with Crippen molar-refractivity contribution in [3.8, 4) is 0 Å². The highest BCUT2D eigenvalue weighted by molar-refractivity contribution is 5.64. The topological polar surface area (TPSA) is 0 Å². The van der Waals surface area contributed by atoms with E-state index >= 15 is 0 Å². The molecule has 0 N–H and O–H groups in total. The van der Waals surface area contributed by atoms with Crippen LogP contribution < -0.4 is 0 Å². The van der Waals surface area contributed by atoms with Crippen LogP contribution in [0.2, 0.25) is 0 Å². The van der Waals surface area contributed by atoms with Gasteiger partial charge in [-0.05, 0) is 52.6 Å². The zero-order valence-corrected chi connectivity index (χ0v) is 13.4. The molecule has 4 rings (SSSR count). The SMILES string of the molecule is CCC(C)(c1ccc2c(c1)C=CC2)c1ccc2c(c1)C=CC2. The van der Waals surface area contributed by atoms with E-state index in [9.17, 15) is 0 Å². The zero-order valence-electron chi connectivity index (χ0n) is 13.4. The molecule has 0 spiro atoms. The lowest BCUT2D eigenvalue weighted by atomic mass is 9.73. The second-order valence-electron chi connectivity index (χ2n) is 6.73. The van der Waals surface area contributed by atoms with Gasteiger partial charge in [0.05, 0.1) is 0 Å². The lowest BCUT2D eigenvalue weighted by molar-refractivity contribution is 0.549. The van der Waals surface area contributed by atoms with Crippen LogP contribution in [0.5, 0.6) is 0 Å². The Labute approximate surface area is 133 Å². The third kappa shape index (κ3) is 1.98. The summed E-state index contributed by atoms with van der Waals surface area (Å²) in [6, 6.07) is 14.1. The van der Waals surface area contributed by atoms with E-state index in [4.69, 9.17) is 0 Å². The molecule has 0 saturated carbocycles. The van der Waals surface area contributed by atoms with Crippen LogP contribution >= 0.6 is 0 Å². The first kappa shape index (κ1) is 13.6. The molecule has 0 heterocycles.